The lowest BCUT2D eigenvalue weighted by Crippen LogP contribution is -2.21. The Balaban J connectivity index is 1.47. The fourth-order valence-corrected chi connectivity index (χ4v) is 6.15. The minimum Gasteiger partial charge on any atom is -0.372 e. The molecule has 0 N–H and O–H groups in total. The van der Waals surface area contributed by atoms with E-state index in [1.807, 2.05) is 0 Å². The third-order valence-electron chi connectivity index (χ3n) is 8.60. The van der Waals surface area contributed by atoms with E-state index in [4.69, 9.17) is 0 Å². The van der Waals surface area contributed by atoms with Crippen LogP contribution in [0.3, 0.4) is 0 Å². The number of anilines is 4. The van der Waals surface area contributed by atoms with E-state index in [0.717, 1.165) is 30.2 Å². The molecule has 0 radical (unpaired) electrons. The number of rotatable bonds is 11. The highest BCUT2D eigenvalue weighted by atomic mass is 15.1. The van der Waals surface area contributed by atoms with Gasteiger partial charge in [-0.25, -0.2) is 0 Å². The van der Waals surface area contributed by atoms with Crippen LogP contribution in [0.25, 0.3) is 11.1 Å². The summed E-state index contributed by atoms with van der Waals surface area (Å²) >= 11 is 0. The van der Waals surface area contributed by atoms with Crippen molar-refractivity contribution in [3.63, 3.8) is 0 Å². The van der Waals surface area contributed by atoms with Gasteiger partial charge in [-0.3, -0.25) is 0 Å². The van der Waals surface area contributed by atoms with Gasteiger partial charge in [0.2, 0.25) is 0 Å². The molecular formula is C45H42N2. The summed E-state index contributed by atoms with van der Waals surface area (Å²) in [5, 5.41) is 0. The van der Waals surface area contributed by atoms with E-state index in [9.17, 15) is 0 Å². The van der Waals surface area contributed by atoms with Crippen LogP contribution in [0.15, 0.2) is 176 Å². The van der Waals surface area contributed by atoms with Crippen molar-refractivity contribution >= 4 is 33.9 Å². The van der Waals surface area contributed by atoms with Gasteiger partial charge < -0.3 is 9.80 Å². The maximum Gasteiger partial charge on any atom is 0.0462 e. The summed E-state index contributed by atoms with van der Waals surface area (Å²) in [4.78, 5) is 4.69. The van der Waals surface area contributed by atoms with Gasteiger partial charge in [0.1, 0.15) is 0 Å². The lowest BCUT2D eigenvalue weighted by atomic mass is 9.93. The number of para-hydroxylation sites is 2. The molecule has 2 nitrogen and oxygen atoms in total. The summed E-state index contributed by atoms with van der Waals surface area (Å²) in [6, 6.07) is 58.5. The molecule has 0 amide bonds. The Hall–Kier alpha value is -5.60. The summed E-state index contributed by atoms with van der Waals surface area (Å²) in [5.74, 6) is 0. The molecule has 0 aliphatic carbocycles. The predicted octanol–water partition coefficient (Wildman–Crippen LogP) is 11.9. The molecule has 47 heavy (non-hydrogen) atoms. The number of benzene rings is 6. The number of nitrogens with zero attached hydrogens (tertiary/aromatic N) is 2. The molecule has 6 aromatic carbocycles. The highest BCUT2D eigenvalue weighted by Crippen LogP contribution is 2.36. The molecule has 0 saturated heterocycles. The number of aryl methyl sites for hydroxylation is 1. The van der Waals surface area contributed by atoms with Gasteiger partial charge >= 0.3 is 0 Å². The monoisotopic (exact) mass is 610 g/mol. The molecule has 0 heterocycles. The Morgan fingerprint density at radius 1 is 0.426 bits per heavy atom. The van der Waals surface area contributed by atoms with Crippen LogP contribution >= 0.6 is 0 Å². The molecule has 0 aliphatic rings. The fraction of sp³-hybridized carbons (Fsp3) is 0.111. The summed E-state index contributed by atoms with van der Waals surface area (Å²) < 4.78 is 0. The standard InChI is InChI=1S/C45H42N2/c1-4-46(5-2)40-28-24-37(25-29-40)44(32-33-45(36-17-9-6-10-18-36)39-19-15-16-35(3)34-39)38-26-30-43(31-27-38)47(41-20-11-7-12-21-41)42-22-13-8-14-23-42/h6-34H,4-5H2,1-3H3. The highest BCUT2D eigenvalue weighted by Gasteiger charge is 2.14. The van der Waals surface area contributed by atoms with Crippen molar-refractivity contribution in [3.05, 3.63) is 204 Å². The molecule has 0 spiro atoms. The Bertz CT molecular complexity index is 1880. The van der Waals surface area contributed by atoms with Crippen molar-refractivity contribution in [2.24, 2.45) is 0 Å². The average molecular weight is 611 g/mol. The molecule has 232 valence electrons. The first-order valence-electron chi connectivity index (χ1n) is 16.5. The highest BCUT2D eigenvalue weighted by molar-refractivity contribution is 5.87. The molecule has 0 bridgehead atoms. The van der Waals surface area contributed by atoms with Crippen molar-refractivity contribution in [1.82, 2.24) is 0 Å². The van der Waals surface area contributed by atoms with Gasteiger partial charge in [0.15, 0.2) is 0 Å². The normalized spacial score (nSPS) is 11.7. The number of allylic oxidation sites excluding steroid dienone is 2. The van der Waals surface area contributed by atoms with Crippen molar-refractivity contribution in [2.45, 2.75) is 20.8 Å². The van der Waals surface area contributed by atoms with Gasteiger partial charge in [-0.15, -0.1) is 0 Å². The van der Waals surface area contributed by atoms with Crippen LogP contribution in [-0.2, 0) is 0 Å². The second-order valence-electron chi connectivity index (χ2n) is 11.7. The van der Waals surface area contributed by atoms with Crippen molar-refractivity contribution in [3.8, 4) is 0 Å². The van der Waals surface area contributed by atoms with Crippen LogP contribution in [0.4, 0.5) is 22.7 Å². The van der Waals surface area contributed by atoms with E-state index in [1.165, 1.54) is 44.7 Å². The van der Waals surface area contributed by atoms with Crippen LogP contribution < -0.4 is 9.80 Å². The van der Waals surface area contributed by atoms with E-state index >= 15 is 0 Å². The van der Waals surface area contributed by atoms with E-state index in [1.54, 1.807) is 0 Å². The van der Waals surface area contributed by atoms with Gasteiger partial charge in [-0.1, -0.05) is 133 Å². The van der Waals surface area contributed by atoms with E-state index in [2.05, 4.69) is 207 Å². The number of hydrogen-bond acceptors (Lipinski definition) is 2. The predicted molar refractivity (Wildman–Crippen MR) is 203 cm³/mol. The van der Waals surface area contributed by atoms with Gasteiger partial charge in [-0.05, 0) is 103 Å². The third-order valence-corrected chi connectivity index (χ3v) is 8.60. The van der Waals surface area contributed by atoms with Gasteiger partial charge in [0.25, 0.3) is 0 Å². The minimum absolute atomic E-state index is 0.985. The molecule has 0 fully saturated rings. The van der Waals surface area contributed by atoms with Crippen molar-refractivity contribution in [2.75, 3.05) is 22.9 Å². The smallest absolute Gasteiger partial charge is 0.0462 e. The first-order chi connectivity index (χ1) is 23.1. The zero-order valence-electron chi connectivity index (χ0n) is 27.6. The lowest BCUT2D eigenvalue weighted by molar-refractivity contribution is 0.866. The molecule has 0 unspecified atom stereocenters. The zero-order valence-corrected chi connectivity index (χ0v) is 27.6. The Labute approximate surface area is 280 Å². The summed E-state index contributed by atoms with van der Waals surface area (Å²) in [6.45, 7) is 8.54. The Morgan fingerprint density at radius 2 is 0.830 bits per heavy atom. The lowest BCUT2D eigenvalue weighted by Gasteiger charge is -2.25. The van der Waals surface area contributed by atoms with Crippen molar-refractivity contribution in [1.29, 1.82) is 0 Å². The quantitative estimate of drug-likeness (QED) is 0.135. The summed E-state index contributed by atoms with van der Waals surface area (Å²) in [5.41, 5.74) is 13.0. The van der Waals surface area contributed by atoms with Gasteiger partial charge in [0.05, 0.1) is 0 Å². The molecule has 6 rings (SSSR count). The first-order valence-corrected chi connectivity index (χ1v) is 16.5. The second-order valence-corrected chi connectivity index (χ2v) is 11.7. The maximum atomic E-state index is 2.38. The minimum atomic E-state index is 0.985. The molecule has 0 aliphatic heterocycles. The second kappa shape index (κ2) is 15.1. The van der Waals surface area contributed by atoms with Crippen LogP contribution in [0.2, 0.25) is 0 Å². The van der Waals surface area contributed by atoms with Gasteiger partial charge in [0, 0.05) is 35.8 Å². The largest absolute Gasteiger partial charge is 0.372 e. The van der Waals surface area contributed by atoms with E-state index in [0.29, 0.717) is 0 Å². The van der Waals surface area contributed by atoms with Crippen LogP contribution in [0.5, 0.6) is 0 Å². The zero-order chi connectivity index (χ0) is 32.4. The average Bonchev–Trinajstić information content (AvgIpc) is 3.13. The fourth-order valence-electron chi connectivity index (χ4n) is 6.15. The third kappa shape index (κ3) is 7.45. The first kappa shape index (κ1) is 31.4. The maximum absolute atomic E-state index is 2.38. The summed E-state index contributed by atoms with van der Waals surface area (Å²) in [7, 11) is 0. The SMILES string of the molecule is CCN(CC)c1ccc(C(=CC=C(c2ccccc2)c2cccc(C)c2)c2ccc(N(c3ccccc3)c3ccccc3)cc2)cc1. The molecule has 6 aromatic rings. The Kier molecular flexibility index (Phi) is 10.1. The molecule has 0 atom stereocenters. The Morgan fingerprint density at radius 3 is 1.32 bits per heavy atom. The molecule has 2 heteroatoms. The van der Waals surface area contributed by atoms with Crippen molar-refractivity contribution < 1.29 is 0 Å². The summed E-state index contributed by atoms with van der Waals surface area (Å²) in [6.07, 6.45) is 4.57. The molecule has 0 saturated carbocycles. The topological polar surface area (TPSA) is 6.48 Å². The van der Waals surface area contributed by atoms with Gasteiger partial charge in [-0.2, -0.15) is 0 Å². The van der Waals surface area contributed by atoms with Crippen LogP contribution in [0, 0.1) is 6.92 Å². The molecule has 0 aromatic heterocycles. The van der Waals surface area contributed by atoms with E-state index < -0.39 is 0 Å². The van der Waals surface area contributed by atoms with Crippen LogP contribution in [0.1, 0.15) is 41.7 Å². The molecular weight excluding hydrogens is 569 g/mol. The van der Waals surface area contributed by atoms with E-state index in [-0.39, 0.29) is 0 Å². The number of hydrogen-bond donors (Lipinski definition) is 0. The van der Waals surface area contributed by atoms with Crippen LogP contribution in [-0.4, -0.2) is 13.1 Å².